The first-order valence-electron chi connectivity index (χ1n) is 10.2. The van der Waals surface area contributed by atoms with Crippen LogP contribution in [0.1, 0.15) is 17.5 Å². The molecule has 0 saturated carbocycles. The highest BCUT2D eigenvalue weighted by Gasteiger charge is 2.20. The van der Waals surface area contributed by atoms with E-state index in [-0.39, 0.29) is 18.7 Å². The minimum atomic E-state index is -0.393. The van der Waals surface area contributed by atoms with Crippen molar-refractivity contribution in [2.24, 2.45) is 7.05 Å². The van der Waals surface area contributed by atoms with Gasteiger partial charge in [-0.3, -0.25) is 13.9 Å². The van der Waals surface area contributed by atoms with Crippen LogP contribution in [0.25, 0.3) is 22.3 Å². The van der Waals surface area contributed by atoms with Gasteiger partial charge in [-0.2, -0.15) is 0 Å². The van der Waals surface area contributed by atoms with Crippen molar-refractivity contribution in [3.63, 3.8) is 0 Å². The van der Waals surface area contributed by atoms with Crippen molar-refractivity contribution in [3.8, 4) is 11.3 Å². The van der Waals surface area contributed by atoms with E-state index in [4.69, 9.17) is 11.6 Å². The number of rotatable bonds is 6. The minimum Gasteiger partial charge on any atom is -0.396 e. The second kappa shape index (κ2) is 8.57. The molecule has 0 saturated heterocycles. The predicted molar refractivity (Wildman–Crippen MR) is 124 cm³/mol. The van der Waals surface area contributed by atoms with E-state index < -0.39 is 5.69 Å². The van der Waals surface area contributed by atoms with Gasteiger partial charge in [-0.15, -0.1) is 0 Å². The summed E-state index contributed by atoms with van der Waals surface area (Å²) in [5, 5.41) is 9.80. The van der Waals surface area contributed by atoms with Crippen LogP contribution in [-0.4, -0.2) is 25.4 Å². The van der Waals surface area contributed by atoms with Gasteiger partial charge in [0, 0.05) is 31.8 Å². The quantitative estimate of drug-likeness (QED) is 0.501. The maximum atomic E-state index is 13.4. The summed E-state index contributed by atoms with van der Waals surface area (Å²) in [6.07, 6.45) is 0.334. The fourth-order valence-electron chi connectivity index (χ4n) is 3.87. The summed E-state index contributed by atoms with van der Waals surface area (Å²) >= 11 is 6.24. The van der Waals surface area contributed by atoms with E-state index in [0.29, 0.717) is 29.0 Å². The first-order chi connectivity index (χ1) is 14.9. The Morgan fingerprint density at radius 1 is 1.00 bits per heavy atom. The molecule has 0 aliphatic heterocycles. The lowest BCUT2D eigenvalue weighted by molar-refractivity contribution is 0.277. The van der Waals surface area contributed by atoms with Crippen molar-refractivity contribution in [2.75, 3.05) is 6.61 Å². The Labute approximate surface area is 184 Å². The SMILES string of the molecule is Cc1ccc(Cn2c(-c3cccc(Cl)c3)cc3c2c(=O)n(CCCO)c(=O)n3C)cc1. The van der Waals surface area contributed by atoms with Crippen LogP contribution in [0.4, 0.5) is 0 Å². The van der Waals surface area contributed by atoms with E-state index >= 15 is 0 Å². The van der Waals surface area contributed by atoms with Gasteiger partial charge in [-0.25, -0.2) is 4.79 Å². The van der Waals surface area contributed by atoms with Crippen molar-refractivity contribution < 1.29 is 5.11 Å². The monoisotopic (exact) mass is 437 g/mol. The van der Waals surface area contributed by atoms with Crippen molar-refractivity contribution in [1.29, 1.82) is 0 Å². The largest absolute Gasteiger partial charge is 0.396 e. The molecule has 0 aliphatic rings. The molecular formula is C24H24ClN3O3. The van der Waals surface area contributed by atoms with Crippen LogP contribution in [0, 0.1) is 6.92 Å². The molecule has 0 amide bonds. The molecule has 2 aromatic heterocycles. The third-order valence-corrected chi connectivity index (χ3v) is 5.76. The molecule has 7 heteroatoms. The second-order valence-electron chi connectivity index (χ2n) is 7.72. The number of halogens is 1. The van der Waals surface area contributed by atoms with Crippen LogP contribution in [0.5, 0.6) is 0 Å². The maximum absolute atomic E-state index is 13.4. The van der Waals surface area contributed by atoms with Crippen molar-refractivity contribution in [1.82, 2.24) is 13.7 Å². The Morgan fingerprint density at radius 2 is 1.74 bits per heavy atom. The van der Waals surface area contributed by atoms with E-state index in [1.807, 2.05) is 60.0 Å². The van der Waals surface area contributed by atoms with Crippen molar-refractivity contribution >= 4 is 22.6 Å². The fraction of sp³-hybridized carbons (Fsp3) is 0.250. The van der Waals surface area contributed by atoms with Gasteiger partial charge < -0.3 is 9.67 Å². The molecule has 2 heterocycles. The number of nitrogens with zero attached hydrogens (tertiary/aromatic N) is 3. The number of hydrogen-bond donors (Lipinski definition) is 1. The van der Waals surface area contributed by atoms with Crippen LogP contribution < -0.4 is 11.2 Å². The van der Waals surface area contributed by atoms with Gasteiger partial charge >= 0.3 is 5.69 Å². The first kappa shape index (κ1) is 21.2. The summed E-state index contributed by atoms with van der Waals surface area (Å²) in [6.45, 7) is 2.58. The topological polar surface area (TPSA) is 69.2 Å². The number of aryl methyl sites for hydroxylation is 2. The highest BCUT2D eigenvalue weighted by Crippen LogP contribution is 2.29. The van der Waals surface area contributed by atoms with E-state index in [1.54, 1.807) is 13.1 Å². The number of aromatic nitrogens is 3. The summed E-state index contributed by atoms with van der Waals surface area (Å²) in [6, 6.07) is 17.5. The zero-order chi connectivity index (χ0) is 22.1. The Morgan fingerprint density at radius 3 is 2.42 bits per heavy atom. The lowest BCUT2D eigenvalue weighted by Crippen LogP contribution is -2.39. The van der Waals surface area contributed by atoms with Crippen LogP contribution >= 0.6 is 11.6 Å². The molecule has 0 radical (unpaired) electrons. The number of benzene rings is 2. The molecule has 0 aliphatic carbocycles. The van der Waals surface area contributed by atoms with Gasteiger partial charge in [0.15, 0.2) is 0 Å². The summed E-state index contributed by atoms with van der Waals surface area (Å²) in [5.74, 6) is 0. The molecular weight excluding hydrogens is 414 g/mol. The predicted octanol–water partition coefficient (Wildman–Crippen LogP) is 3.56. The van der Waals surface area contributed by atoms with Crippen molar-refractivity contribution in [2.45, 2.75) is 26.4 Å². The Bertz CT molecular complexity index is 1360. The van der Waals surface area contributed by atoms with Crippen LogP contribution in [0.3, 0.4) is 0 Å². The summed E-state index contributed by atoms with van der Waals surface area (Å²) in [5.41, 5.74) is 4.15. The highest BCUT2D eigenvalue weighted by atomic mass is 35.5. The Kier molecular flexibility index (Phi) is 5.85. The average molecular weight is 438 g/mol. The third kappa shape index (κ3) is 3.96. The summed E-state index contributed by atoms with van der Waals surface area (Å²) < 4.78 is 4.64. The van der Waals surface area contributed by atoms with Gasteiger partial charge in [0.1, 0.15) is 5.52 Å². The van der Waals surface area contributed by atoms with E-state index in [0.717, 1.165) is 22.4 Å². The molecule has 6 nitrogen and oxygen atoms in total. The van der Waals surface area contributed by atoms with Gasteiger partial charge in [-0.05, 0) is 42.7 Å². The zero-order valence-corrected chi connectivity index (χ0v) is 18.3. The van der Waals surface area contributed by atoms with Crippen LogP contribution in [0.2, 0.25) is 5.02 Å². The second-order valence-corrected chi connectivity index (χ2v) is 8.16. The third-order valence-electron chi connectivity index (χ3n) is 5.53. The van der Waals surface area contributed by atoms with Crippen LogP contribution in [-0.2, 0) is 20.1 Å². The summed E-state index contributed by atoms with van der Waals surface area (Å²) in [7, 11) is 1.66. The fourth-order valence-corrected chi connectivity index (χ4v) is 4.06. The average Bonchev–Trinajstić information content (AvgIpc) is 3.13. The lowest BCUT2D eigenvalue weighted by atomic mass is 10.1. The van der Waals surface area contributed by atoms with E-state index in [2.05, 4.69) is 0 Å². The zero-order valence-electron chi connectivity index (χ0n) is 17.5. The van der Waals surface area contributed by atoms with E-state index in [1.165, 1.54) is 9.13 Å². The molecule has 4 rings (SSSR count). The number of fused-ring (bicyclic) bond motifs is 1. The highest BCUT2D eigenvalue weighted by molar-refractivity contribution is 6.30. The lowest BCUT2D eigenvalue weighted by Gasteiger charge is -2.13. The molecule has 0 atom stereocenters. The molecule has 0 fully saturated rings. The normalized spacial score (nSPS) is 11.4. The molecule has 0 unspecified atom stereocenters. The minimum absolute atomic E-state index is 0.0915. The standard InChI is InChI=1S/C24H24ClN3O3/c1-16-7-9-17(10-8-16)15-28-20(18-5-3-6-19(25)13-18)14-21-22(28)23(30)27(11-4-12-29)24(31)26(21)2/h3,5-10,13-14,29H,4,11-12,15H2,1-2H3. The van der Waals surface area contributed by atoms with Gasteiger partial charge in [0.25, 0.3) is 5.56 Å². The van der Waals surface area contributed by atoms with Gasteiger partial charge in [0.05, 0.1) is 11.2 Å². The first-order valence-corrected chi connectivity index (χ1v) is 10.5. The number of aliphatic hydroxyl groups excluding tert-OH is 1. The molecule has 2 aromatic carbocycles. The number of aliphatic hydroxyl groups is 1. The van der Waals surface area contributed by atoms with Gasteiger partial charge in [0.2, 0.25) is 0 Å². The van der Waals surface area contributed by atoms with Crippen LogP contribution in [0.15, 0.2) is 64.2 Å². The smallest absolute Gasteiger partial charge is 0.331 e. The Hall–Kier alpha value is -3.09. The summed E-state index contributed by atoms with van der Waals surface area (Å²) in [4.78, 5) is 26.2. The molecule has 31 heavy (non-hydrogen) atoms. The molecule has 0 bridgehead atoms. The number of hydrogen-bond acceptors (Lipinski definition) is 3. The molecule has 4 aromatic rings. The molecule has 1 N–H and O–H groups in total. The van der Waals surface area contributed by atoms with Crippen molar-refractivity contribution in [3.05, 3.63) is 91.6 Å². The maximum Gasteiger partial charge on any atom is 0.331 e. The Balaban J connectivity index is 2.03. The van der Waals surface area contributed by atoms with Gasteiger partial charge in [-0.1, -0.05) is 53.6 Å². The molecule has 0 spiro atoms. The molecule has 160 valence electrons. The van der Waals surface area contributed by atoms with E-state index in [9.17, 15) is 14.7 Å².